The van der Waals surface area contributed by atoms with Gasteiger partial charge in [-0.05, 0) is 24.7 Å². The maximum Gasteiger partial charge on any atom is 0.310 e. The molecule has 0 aromatic carbocycles. The van der Waals surface area contributed by atoms with Gasteiger partial charge >= 0.3 is 5.97 Å². The summed E-state index contributed by atoms with van der Waals surface area (Å²) < 4.78 is 5.71. The predicted molar refractivity (Wildman–Crippen MR) is 74.0 cm³/mol. The summed E-state index contributed by atoms with van der Waals surface area (Å²) in [6, 6.07) is -0.197. The van der Waals surface area contributed by atoms with E-state index in [9.17, 15) is 14.7 Å². The number of aliphatic hydroxyl groups is 1. The summed E-state index contributed by atoms with van der Waals surface area (Å²) in [7, 11) is 1.75. The molecule has 7 atom stereocenters. The molecule has 0 aromatic heterocycles. The van der Waals surface area contributed by atoms with Crippen LogP contribution in [0, 0.1) is 29.1 Å². The standard InChI is InChI=1S/C16H23NO4/c1-7(2)9-10-8-5-6-16(20)14(19)17(4)12(15(8,16)3)11(9)21-13(10)18/h7-12,20H,5-6H2,1-4H3. The van der Waals surface area contributed by atoms with Crippen LogP contribution in [-0.4, -0.2) is 46.7 Å². The molecule has 2 aliphatic heterocycles. The van der Waals surface area contributed by atoms with E-state index in [1.807, 2.05) is 6.92 Å². The van der Waals surface area contributed by atoms with Gasteiger partial charge in [-0.25, -0.2) is 0 Å². The molecule has 7 unspecified atom stereocenters. The van der Waals surface area contributed by atoms with Crippen LogP contribution in [0.25, 0.3) is 0 Å². The Kier molecular flexibility index (Phi) is 2.34. The highest BCUT2D eigenvalue weighted by atomic mass is 16.6. The Bertz CT molecular complexity index is 546. The van der Waals surface area contributed by atoms with Crippen LogP contribution in [0.3, 0.4) is 0 Å². The van der Waals surface area contributed by atoms with Crippen molar-refractivity contribution in [2.24, 2.45) is 29.1 Å². The third-order valence-electron chi connectivity index (χ3n) is 7.02. The molecule has 5 nitrogen and oxygen atoms in total. The summed E-state index contributed by atoms with van der Waals surface area (Å²) in [6.07, 6.45) is 0.929. The first kappa shape index (κ1) is 13.6. The number of likely N-dealkylation sites (tertiary alicyclic amines) is 1. The van der Waals surface area contributed by atoms with Gasteiger partial charge in [-0.1, -0.05) is 20.8 Å². The van der Waals surface area contributed by atoms with Crippen LogP contribution in [0.1, 0.15) is 33.6 Å². The molecule has 4 fully saturated rings. The average Bonchev–Trinajstić information content (AvgIpc) is 2.89. The van der Waals surface area contributed by atoms with Crippen molar-refractivity contribution in [1.29, 1.82) is 0 Å². The van der Waals surface area contributed by atoms with Crippen LogP contribution >= 0.6 is 0 Å². The lowest BCUT2D eigenvalue weighted by atomic mass is 9.54. The van der Waals surface area contributed by atoms with Gasteiger partial charge in [0.25, 0.3) is 5.91 Å². The number of likely N-dealkylation sites (N-methyl/N-ethyl adjacent to an activating group) is 1. The van der Waals surface area contributed by atoms with Gasteiger partial charge in [0.1, 0.15) is 6.10 Å². The van der Waals surface area contributed by atoms with Crippen LogP contribution in [0.15, 0.2) is 0 Å². The summed E-state index contributed by atoms with van der Waals surface area (Å²) >= 11 is 0. The van der Waals surface area contributed by atoms with Crippen molar-refractivity contribution in [3.05, 3.63) is 0 Å². The number of carbonyl (C=O) groups is 2. The minimum absolute atomic E-state index is 0.0417. The van der Waals surface area contributed by atoms with Crippen LogP contribution in [0.5, 0.6) is 0 Å². The SMILES string of the molecule is CC(C)C1C2OC(=O)C1C1CCC3(O)C(=O)N(C)C2C13C. The molecule has 2 aliphatic carbocycles. The molecule has 0 aromatic rings. The summed E-state index contributed by atoms with van der Waals surface area (Å²) in [6.45, 7) is 6.23. The number of amides is 1. The molecular weight excluding hydrogens is 270 g/mol. The molecule has 1 amide bonds. The lowest BCUT2D eigenvalue weighted by molar-refractivity contribution is -0.150. The van der Waals surface area contributed by atoms with Crippen molar-refractivity contribution >= 4 is 11.9 Å². The summed E-state index contributed by atoms with van der Waals surface area (Å²) in [4.78, 5) is 26.7. The van der Waals surface area contributed by atoms with E-state index in [1.165, 1.54) is 0 Å². The fraction of sp³-hybridized carbons (Fsp3) is 0.875. The lowest BCUT2D eigenvalue weighted by Gasteiger charge is -2.49. The number of nitrogens with zero attached hydrogens (tertiary/aromatic N) is 1. The van der Waals surface area contributed by atoms with Crippen LogP contribution in [-0.2, 0) is 14.3 Å². The minimum atomic E-state index is -1.32. The first-order chi connectivity index (χ1) is 9.75. The van der Waals surface area contributed by atoms with Crippen molar-refractivity contribution < 1.29 is 19.4 Å². The highest BCUT2D eigenvalue weighted by Gasteiger charge is 2.79. The Balaban J connectivity index is 1.92. The molecular formula is C16H23NO4. The number of hydrogen-bond acceptors (Lipinski definition) is 4. The quantitative estimate of drug-likeness (QED) is 0.726. The van der Waals surface area contributed by atoms with Crippen LogP contribution in [0.2, 0.25) is 0 Å². The van der Waals surface area contributed by atoms with Crippen LogP contribution in [0.4, 0.5) is 0 Å². The molecule has 2 saturated carbocycles. The normalized spacial score (nSPS) is 54.4. The second-order valence-corrected chi connectivity index (χ2v) is 7.90. The van der Waals surface area contributed by atoms with Crippen LogP contribution < -0.4 is 0 Å². The van der Waals surface area contributed by atoms with Crippen molar-refractivity contribution in [3.8, 4) is 0 Å². The maximum atomic E-state index is 12.6. The lowest BCUT2D eigenvalue weighted by Crippen LogP contribution is -2.60. The number of fused-ring (bicyclic) bond motifs is 4. The van der Waals surface area contributed by atoms with E-state index >= 15 is 0 Å². The molecule has 2 heterocycles. The van der Waals surface area contributed by atoms with Crippen molar-refractivity contribution in [2.45, 2.75) is 51.4 Å². The third-order valence-corrected chi connectivity index (χ3v) is 7.02. The summed E-state index contributed by atoms with van der Waals surface area (Å²) in [5.41, 5.74) is -1.88. The van der Waals surface area contributed by atoms with Gasteiger partial charge in [0.15, 0.2) is 5.60 Å². The smallest absolute Gasteiger partial charge is 0.310 e. The number of esters is 1. The Morgan fingerprint density at radius 3 is 2.67 bits per heavy atom. The third kappa shape index (κ3) is 1.17. The second kappa shape index (κ2) is 3.62. The Morgan fingerprint density at radius 1 is 1.38 bits per heavy atom. The zero-order valence-corrected chi connectivity index (χ0v) is 13.0. The molecule has 116 valence electrons. The van der Waals surface area contributed by atoms with E-state index in [2.05, 4.69) is 13.8 Å². The molecule has 4 rings (SSSR count). The molecule has 4 aliphatic rings. The molecule has 21 heavy (non-hydrogen) atoms. The largest absolute Gasteiger partial charge is 0.460 e. The van der Waals surface area contributed by atoms with Gasteiger partial charge in [-0.15, -0.1) is 0 Å². The highest BCUT2D eigenvalue weighted by molar-refractivity contribution is 5.91. The van der Waals surface area contributed by atoms with E-state index in [-0.39, 0.29) is 41.8 Å². The summed E-state index contributed by atoms with van der Waals surface area (Å²) in [5, 5.41) is 11.1. The highest BCUT2D eigenvalue weighted by Crippen LogP contribution is 2.68. The predicted octanol–water partition coefficient (Wildman–Crippen LogP) is 0.802. The Morgan fingerprint density at radius 2 is 2.05 bits per heavy atom. The number of rotatable bonds is 1. The van der Waals surface area contributed by atoms with Crippen molar-refractivity contribution in [2.75, 3.05) is 7.05 Å². The fourth-order valence-electron chi connectivity index (χ4n) is 6.13. The zero-order valence-electron chi connectivity index (χ0n) is 13.0. The first-order valence-electron chi connectivity index (χ1n) is 7.95. The van der Waals surface area contributed by atoms with E-state index in [0.717, 1.165) is 6.42 Å². The fourth-order valence-corrected chi connectivity index (χ4v) is 6.13. The molecule has 0 radical (unpaired) electrons. The minimum Gasteiger partial charge on any atom is -0.460 e. The van der Waals surface area contributed by atoms with Gasteiger partial charge in [0.2, 0.25) is 0 Å². The number of hydrogen-bond donors (Lipinski definition) is 1. The van der Waals surface area contributed by atoms with Crippen molar-refractivity contribution in [3.63, 3.8) is 0 Å². The zero-order chi connectivity index (χ0) is 15.3. The molecule has 2 saturated heterocycles. The van der Waals surface area contributed by atoms with E-state index in [1.54, 1.807) is 11.9 Å². The van der Waals surface area contributed by atoms with E-state index in [4.69, 9.17) is 4.74 Å². The van der Waals surface area contributed by atoms with Crippen molar-refractivity contribution in [1.82, 2.24) is 4.90 Å². The Labute approximate surface area is 124 Å². The summed E-state index contributed by atoms with van der Waals surface area (Å²) in [5.74, 6) is 0.0442. The second-order valence-electron chi connectivity index (χ2n) is 7.90. The molecule has 1 N–H and O–H groups in total. The molecule has 5 heteroatoms. The van der Waals surface area contributed by atoms with Gasteiger partial charge in [-0.2, -0.15) is 0 Å². The maximum absolute atomic E-state index is 12.6. The van der Waals surface area contributed by atoms with Gasteiger partial charge in [0, 0.05) is 18.4 Å². The monoisotopic (exact) mass is 293 g/mol. The topological polar surface area (TPSA) is 66.8 Å². The number of carbonyl (C=O) groups excluding carboxylic acids is 2. The van der Waals surface area contributed by atoms with Gasteiger partial charge in [0.05, 0.1) is 12.0 Å². The average molecular weight is 293 g/mol. The molecule has 0 spiro atoms. The number of ether oxygens (including phenoxy) is 1. The Hall–Kier alpha value is -1.10. The molecule has 2 bridgehead atoms. The van der Waals surface area contributed by atoms with Gasteiger partial charge < -0.3 is 14.7 Å². The van der Waals surface area contributed by atoms with E-state index in [0.29, 0.717) is 12.3 Å². The van der Waals surface area contributed by atoms with Gasteiger partial charge in [-0.3, -0.25) is 9.59 Å². The van der Waals surface area contributed by atoms with E-state index < -0.39 is 11.0 Å². The first-order valence-corrected chi connectivity index (χ1v) is 7.95.